The number of hydrogen-bond acceptors (Lipinski definition) is 2. The first-order valence-electron chi connectivity index (χ1n) is 9.47. The van der Waals surface area contributed by atoms with Crippen molar-refractivity contribution in [2.45, 2.75) is 82.9 Å². The maximum atomic E-state index is 12.1. The van der Waals surface area contributed by atoms with Crippen LogP contribution in [0.4, 0.5) is 0 Å². The zero-order chi connectivity index (χ0) is 16.7. The van der Waals surface area contributed by atoms with Gasteiger partial charge in [-0.2, -0.15) is 0 Å². The van der Waals surface area contributed by atoms with Crippen molar-refractivity contribution in [3.8, 4) is 0 Å². The van der Waals surface area contributed by atoms with Crippen molar-refractivity contribution in [2.24, 2.45) is 10.4 Å². The van der Waals surface area contributed by atoms with E-state index < -0.39 is 10.8 Å². The Balaban J connectivity index is 0.00000288. The Morgan fingerprint density at radius 1 is 1.21 bits per heavy atom. The number of nitrogens with one attached hydrogen (secondary N) is 2. The molecule has 142 valence electrons. The summed E-state index contributed by atoms with van der Waals surface area (Å²) in [5, 5.41) is 7.52. The molecule has 2 fully saturated rings. The lowest BCUT2D eigenvalue weighted by atomic mass is 9.83. The summed E-state index contributed by atoms with van der Waals surface area (Å²) in [6.07, 6.45) is 11.1. The van der Waals surface area contributed by atoms with E-state index in [2.05, 4.69) is 22.5 Å². The van der Waals surface area contributed by atoms with Crippen LogP contribution in [0, 0.1) is 5.41 Å². The third-order valence-corrected chi connectivity index (χ3v) is 7.63. The molecule has 0 radical (unpaired) electrons. The number of aliphatic imine (C=N–C) groups is 1. The molecule has 0 heterocycles. The Bertz CT molecular complexity index is 424. The first kappa shape index (κ1) is 22.2. The van der Waals surface area contributed by atoms with Gasteiger partial charge in [0.15, 0.2) is 5.96 Å². The molecule has 2 rings (SSSR count). The number of hydrogen-bond donors (Lipinski definition) is 2. The lowest BCUT2D eigenvalue weighted by Gasteiger charge is -2.32. The number of nitrogens with zero attached hydrogens (tertiary/aromatic N) is 1. The molecule has 2 saturated carbocycles. The second kappa shape index (κ2) is 11.0. The number of guanidine groups is 1. The molecule has 4 nitrogen and oxygen atoms in total. The van der Waals surface area contributed by atoms with Gasteiger partial charge in [-0.3, -0.25) is 9.20 Å². The van der Waals surface area contributed by atoms with Gasteiger partial charge in [0.1, 0.15) is 0 Å². The Morgan fingerprint density at radius 3 is 2.50 bits per heavy atom. The van der Waals surface area contributed by atoms with E-state index in [9.17, 15) is 4.21 Å². The fraction of sp³-hybridized carbons (Fsp3) is 0.944. The highest BCUT2D eigenvalue weighted by Crippen LogP contribution is 2.40. The van der Waals surface area contributed by atoms with Gasteiger partial charge < -0.3 is 10.6 Å². The fourth-order valence-electron chi connectivity index (χ4n) is 4.19. The van der Waals surface area contributed by atoms with Crippen molar-refractivity contribution in [3.63, 3.8) is 0 Å². The molecule has 2 aliphatic carbocycles. The molecule has 2 aliphatic rings. The van der Waals surface area contributed by atoms with Crippen LogP contribution in [0.1, 0.15) is 71.6 Å². The van der Waals surface area contributed by atoms with Crippen LogP contribution in [0.5, 0.6) is 0 Å². The third kappa shape index (κ3) is 6.15. The standard InChI is InChI=1S/C18H35N3OS.HI/c1-4-18(11-6-7-12-18)14-20-17(19-3)21-15-9-8-10-16(13-15)23(22)5-2;/h15-16H,4-14H2,1-3H3,(H2,19,20,21);1H. The van der Waals surface area contributed by atoms with Crippen LogP contribution in [-0.2, 0) is 10.8 Å². The molecule has 2 N–H and O–H groups in total. The Labute approximate surface area is 167 Å². The van der Waals surface area contributed by atoms with E-state index in [1.807, 2.05) is 14.0 Å². The molecule has 24 heavy (non-hydrogen) atoms. The molecule has 0 aromatic rings. The summed E-state index contributed by atoms with van der Waals surface area (Å²) >= 11 is 0. The average Bonchev–Trinajstić information content (AvgIpc) is 3.07. The van der Waals surface area contributed by atoms with Crippen molar-refractivity contribution >= 4 is 40.7 Å². The first-order chi connectivity index (χ1) is 11.1. The number of halogens is 1. The maximum absolute atomic E-state index is 12.1. The van der Waals surface area contributed by atoms with Crippen LogP contribution in [-0.4, -0.2) is 40.8 Å². The van der Waals surface area contributed by atoms with Crippen molar-refractivity contribution in [1.29, 1.82) is 0 Å². The zero-order valence-electron chi connectivity index (χ0n) is 15.6. The summed E-state index contributed by atoms with van der Waals surface area (Å²) in [6.45, 7) is 5.37. The van der Waals surface area contributed by atoms with E-state index in [0.717, 1.165) is 37.5 Å². The van der Waals surface area contributed by atoms with Crippen LogP contribution in [0.3, 0.4) is 0 Å². The minimum absolute atomic E-state index is 0. The van der Waals surface area contributed by atoms with E-state index in [1.165, 1.54) is 38.5 Å². The molecule has 3 unspecified atom stereocenters. The van der Waals surface area contributed by atoms with Crippen molar-refractivity contribution in [1.82, 2.24) is 10.6 Å². The van der Waals surface area contributed by atoms with Gasteiger partial charge in [-0.25, -0.2) is 0 Å². The molecule has 0 aromatic carbocycles. The minimum Gasteiger partial charge on any atom is -0.356 e. The predicted octanol–water partition coefficient (Wildman–Crippen LogP) is 3.82. The molecule has 6 heteroatoms. The SMILES string of the molecule is CCS(=O)C1CCCC(NC(=NC)NCC2(CC)CCCC2)C1.I. The van der Waals surface area contributed by atoms with Crippen LogP contribution >= 0.6 is 24.0 Å². The van der Waals surface area contributed by atoms with E-state index in [-0.39, 0.29) is 24.0 Å². The summed E-state index contributed by atoms with van der Waals surface area (Å²) in [5.74, 6) is 1.71. The lowest BCUT2D eigenvalue weighted by molar-refractivity contribution is 0.282. The van der Waals surface area contributed by atoms with E-state index >= 15 is 0 Å². The van der Waals surface area contributed by atoms with E-state index in [4.69, 9.17) is 0 Å². The predicted molar refractivity (Wildman–Crippen MR) is 116 cm³/mol. The Hall–Kier alpha value is 0.150. The second-order valence-corrected chi connectivity index (χ2v) is 9.29. The molecule has 0 amide bonds. The lowest BCUT2D eigenvalue weighted by Crippen LogP contribution is -2.48. The molecule has 3 atom stereocenters. The summed E-state index contributed by atoms with van der Waals surface area (Å²) in [4.78, 5) is 4.42. The second-order valence-electron chi connectivity index (χ2n) is 7.29. The quantitative estimate of drug-likeness (QED) is 0.353. The van der Waals surface area contributed by atoms with Crippen molar-refractivity contribution in [3.05, 3.63) is 0 Å². The Morgan fingerprint density at radius 2 is 1.92 bits per heavy atom. The molecule has 0 aromatic heterocycles. The third-order valence-electron chi connectivity index (χ3n) is 5.89. The van der Waals surface area contributed by atoms with Crippen molar-refractivity contribution < 1.29 is 4.21 Å². The molecule has 0 aliphatic heterocycles. The van der Waals surface area contributed by atoms with Gasteiger partial charge in [0.2, 0.25) is 0 Å². The monoisotopic (exact) mass is 469 g/mol. The maximum Gasteiger partial charge on any atom is 0.191 e. The Kier molecular flexibility index (Phi) is 10.2. The highest BCUT2D eigenvalue weighted by molar-refractivity contribution is 14.0. The van der Waals surface area contributed by atoms with Crippen LogP contribution < -0.4 is 10.6 Å². The number of rotatable bonds is 6. The van der Waals surface area contributed by atoms with Gasteiger partial charge in [0.05, 0.1) is 0 Å². The van der Waals surface area contributed by atoms with E-state index in [0.29, 0.717) is 16.7 Å². The van der Waals surface area contributed by atoms with Gasteiger partial charge in [-0.15, -0.1) is 24.0 Å². The van der Waals surface area contributed by atoms with Gasteiger partial charge in [-0.1, -0.05) is 33.1 Å². The zero-order valence-corrected chi connectivity index (χ0v) is 18.8. The van der Waals surface area contributed by atoms with Crippen LogP contribution in [0.2, 0.25) is 0 Å². The highest BCUT2D eigenvalue weighted by Gasteiger charge is 2.32. The van der Waals surface area contributed by atoms with Gasteiger partial charge in [0.25, 0.3) is 0 Å². The van der Waals surface area contributed by atoms with Gasteiger partial charge in [0, 0.05) is 41.4 Å². The van der Waals surface area contributed by atoms with Gasteiger partial charge in [-0.05, 0) is 43.9 Å². The summed E-state index contributed by atoms with van der Waals surface area (Å²) in [5.41, 5.74) is 0.469. The first-order valence-corrected chi connectivity index (χ1v) is 10.8. The fourth-order valence-corrected chi connectivity index (χ4v) is 5.54. The van der Waals surface area contributed by atoms with Gasteiger partial charge >= 0.3 is 0 Å². The summed E-state index contributed by atoms with van der Waals surface area (Å²) < 4.78 is 12.1. The summed E-state index contributed by atoms with van der Waals surface area (Å²) in [7, 11) is 1.19. The van der Waals surface area contributed by atoms with Crippen LogP contribution in [0.25, 0.3) is 0 Å². The molecule has 0 spiro atoms. The topological polar surface area (TPSA) is 53.5 Å². The summed E-state index contributed by atoms with van der Waals surface area (Å²) in [6, 6.07) is 0.414. The average molecular weight is 469 g/mol. The minimum atomic E-state index is -0.665. The molecular formula is C18H36IN3OS. The molecular weight excluding hydrogens is 433 g/mol. The van der Waals surface area contributed by atoms with Crippen LogP contribution in [0.15, 0.2) is 4.99 Å². The van der Waals surface area contributed by atoms with Crippen molar-refractivity contribution in [2.75, 3.05) is 19.3 Å². The largest absolute Gasteiger partial charge is 0.356 e. The smallest absolute Gasteiger partial charge is 0.191 e. The normalized spacial score (nSPS) is 28.0. The highest BCUT2D eigenvalue weighted by atomic mass is 127. The van der Waals surface area contributed by atoms with E-state index in [1.54, 1.807) is 0 Å². The molecule has 0 saturated heterocycles. The molecule has 0 bridgehead atoms.